The quantitative estimate of drug-likeness (QED) is 0.555. The molecule has 1 aliphatic heterocycles. The zero-order valence-corrected chi connectivity index (χ0v) is 15.7. The summed E-state index contributed by atoms with van der Waals surface area (Å²) in [6, 6.07) is 0. The lowest BCUT2D eigenvalue weighted by atomic mass is 9.88. The summed E-state index contributed by atoms with van der Waals surface area (Å²) in [6.07, 6.45) is 2.10. The van der Waals surface area contributed by atoms with Crippen molar-refractivity contribution in [3.8, 4) is 0 Å². The second kappa shape index (κ2) is 7.89. The van der Waals surface area contributed by atoms with Crippen molar-refractivity contribution in [1.29, 1.82) is 0 Å². The topological polar surface area (TPSA) is 77.5 Å². The van der Waals surface area contributed by atoms with E-state index in [1.54, 1.807) is 11.0 Å². The summed E-state index contributed by atoms with van der Waals surface area (Å²) in [5.74, 6) is 0.458. The largest absolute Gasteiger partial charge is 0.356 e. The van der Waals surface area contributed by atoms with E-state index >= 15 is 0 Å². The van der Waals surface area contributed by atoms with E-state index in [4.69, 9.17) is 16.7 Å². The van der Waals surface area contributed by atoms with Crippen LogP contribution in [0.15, 0.2) is 10.7 Å². The standard InChI is InChI=1S/C15H26N6O2S/c1-5-16-12(22)10-15(2,3)14(24)17-13-11-21(18-23-13)20-8-6-19(4)7-9-20/h11H,5-10H2,1-4H3,(H-,16,17,18,22,24)/p+1. The lowest BCUT2D eigenvalue weighted by Gasteiger charge is -2.26. The molecule has 24 heavy (non-hydrogen) atoms. The Morgan fingerprint density at radius 2 is 2.08 bits per heavy atom. The molecule has 0 aliphatic carbocycles. The van der Waals surface area contributed by atoms with Crippen LogP contribution in [0.5, 0.6) is 0 Å². The molecule has 0 radical (unpaired) electrons. The van der Waals surface area contributed by atoms with Crippen LogP contribution in [0.2, 0.25) is 0 Å². The van der Waals surface area contributed by atoms with E-state index in [9.17, 15) is 4.79 Å². The molecule has 1 aliphatic rings. The Morgan fingerprint density at radius 3 is 2.71 bits per heavy atom. The SMILES string of the molecule is CCNC(=O)CC(C)(C)C(=S)Nc1c[n+](N2CCN(C)CC2)no1. The summed E-state index contributed by atoms with van der Waals surface area (Å²) < 4.78 is 5.32. The highest BCUT2D eigenvalue weighted by atomic mass is 32.1. The Hall–Kier alpha value is -1.74. The number of hydrogen-bond donors (Lipinski definition) is 2. The van der Waals surface area contributed by atoms with E-state index < -0.39 is 5.41 Å². The maximum absolute atomic E-state index is 11.8. The molecule has 0 spiro atoms. The van der Waals surface area contributed by atoms with Crippen molar-refractivity contribution >= 4 is 29.0 Å². The van der Waals surface area contributed by atoms with Gasteiger partial charge in [0.2, 0.25) is 11.2 Å². The van der Waals surface area contributed by atoms with Crippen molar-refractivity contribution in [1.82, 2.24) is 15.5 Å². The number of nitrogens with zero attached hydrogens (tertiary/aromatic N) is 4. The van der Waals surface area contributed by atoms with Crippen LogP contribution in [0.25, 0.3) is 0 Å². The molecule has 1 saturated heterocycles. The normalized spacial score (nSPS) is 16.1. The maximum Gasteiger partial charge on any atom is 0.304 e. The zero-order chi connectivity index (χ0) is 17.7. The molecule has 2 N–H and O–H groups in total. The minimum absolute atomic E-state index is 0.0169. The summed E-state index contributed by atoms with van der Waals surface area (Å²) in [5.41, 5.74) is -0.472. The number of aromatic nitrogens is 2. The molecule has 1 aromatic rings. The average molecular weight is 355 g/mol. The maximum atomic E-state index is 11.8. The second-order valence-electron chi connectivity index (χ2n) is 6.71. The number of piperazine rings is 1. The summed E-state index contributed by atoms with van der Waals surface area (Å²) in [4.78, 5) is 16.3. The molecule has 0 saturated carbocycles. The minimum Gasteiger partial charge on any atom is -0.356 e. The molecule has 9 heteroatoms. The van der Waals surface area contributed by atoms with Gasteiger partial charge in [-0.25, -0.2) is 0 Å². The Balaban J connectivity index is 1.93. The first-order valence-electron chi connectivity index (χ1n) is 8.22. The smallest absolute Gasteiger partial charge is 0.304 e. The average Bonchev–Trinajstić information content (AvgIpc) is 2.96. The number of amides is 1. The van der Waals surface area contributed by atoms with Gasteiger partial charge in [-0.15, -0.1) is 0 Å². The van der Waals surface area contributed by atoms with Gasteiger partial charge in [-0.2, -0.15) is 5.01 Å². The number of rotatable bonds is 6. The molecule has 1 fully saturated rings. The van der Waals surface area contributed by atoms with Gasteiger partial charge < -0.3 is 15.5 Å². The molecule has 8 nitrogen and oxygen atoms in total. The third kappa shape index (κ3) is 4.88. The molecule has 0 aromatic carbocycles. The van der Waals surface area contributed by atoms with Crippen molar-refractivity contribution in [2.45, 2.75) is 27.2 Å². The van der Waals surface area contributed by atoms with Gasteiger partial charge in [0.1, 0.15) is 0 Å². The highest BCUT2D eigenvalue weighted by Gasteiger charge is 2.30. The van der Waals surface area contributed by atoms with Crippen LogP contribution in [0.3, 0.4) is 0 Å². The zero-order valence-electron chi connectivity index (χ0n) is 14.8. The third-order valence-corrected chi connectivity index (χ3v) is 4.71. The van der Waals surface area contributed by atoms with E-state index in [-0.39, 0.29) is 5.91 Å². The molecular formula is C15H27N6O2S+. The van der Waals surface area contributed by atoms with Gasteiger partial charge in [0.05, 0.1) is 22.9 Å². The number of nitrogens with one attached hydrogen (secondary N) is 2. The first-order valence-corrected chi connectivity index (χ1v) is 8.63. The molecule has 1 aromatic heterocycles. The predicted octanol–water partition coefficient (Wildman–Crippen LogP) is 0.137. The van der Waals surface area contributed by atoms with Crippen molar-refractivity contribution in [3.63, 3.8) is 0 Å². The van der Waals surface area contributed by atoms with E-state index in [2.05, 4.69) is 32.9 Å². The van der Waals surface area contributed by atoms with Crippen LogP contribution in [0.1, 0.15) is 27.2 Å². The van der Waals surface area contributed by atoms with E-state index in [0.29, 0.717) is 23.8 Å². The molecule has 134 valence electrons. The van der Waals surface area contributed by atoms with Crippen LogP contribution in [0, 0.1) is 5.41 Å². The van der Waals surface area contributed by atoms with E-state index in [1.807, 2.05) is 20.8 Å². The molecular weight excluding hydrogens is 328 g/mol. The Kier molecular flexibility index (Phi) is 6.11. The van der Waals surface area contributed by atoms with Gasteiger partial charge in [-0.05, 0) is 14.0 Å². The monoisotopic (exact) mass is 355 g/mol. The lowest BCUT2D eigenvalue weighted by molar-refractivity contribution is -0.759. The Labute approximate surface area is 148 Å². The molecule has 2 heterocycles. The summed E-state index contributed by atoms with van der Waals surface area (Å²) in [7, 11) is 2.10. The molecule has 0 bridgehead atoms. The van der Waals surface area contributed by atoms with Gasteiger partial charge in [0.15, 0.2) is 0 Å². The fourth-order valence-electron chi connectivity index (χ4n) is 2.45. The van der Waals surface area contributed by atoms with Crippen molar-refractivity contribution in [3.05, 3.63) is 6.20 Å². The van der Waals surface area contributed by atoms with E-state index in [1.165, 1.54) is 0 Å². The Bertz CT molecular complexity index is 580. The number of anilines is 1. The fourth-order valence-corrected chi connectivity index (χ4v) is 2.62. The van der Waals surface area contributed by atoms with Gasteiger partial charge >= 0.3 is 5.88 Å². The fraction of sp³-hybridized carbons (Fsp3) is 0.733. The van der Waals surface area contributed by atoms with Gasteiger partial charge in [-0.3, -0.25) is 9.32 Å². The van der Waals surface area contributed by atoms with Crippen LogP contribution in [-0.4, -0.2) is 60.8 Å². The first-order chi connectivity index (χ1) is 11.3. The van der Waals surface area contributed by atoms with Gasteiger partial charge in [-0.1, -0.05) is 26.1 Å². The number of likely N-dealkylation sites (N-methyl/N-ethyl adjacent to an activating group) is 1. The lowest BCUT2D eigenvalue weighted by Crippen LogP contribution is -2.64. The van der Waals surface area contributed by atoms with Crippen LogP contribution in [-0.2, 0) is 4.79 Å². The molecule has 0 unspecified atom stereocenters. The highest BCUT2D eigenvalue weighted by Crippen LogP contribution is 2.23. The number of thiocarbonyl (C=S) groups is 1. The Morgan fingerprint density at radius 1 is 1.42 bits per heavy atom. The summed E-state index contributed by atoms with van der Waals surface area (Å²) >= 11 is 5.45. The number of carbonyl (C=O) groups excluding carboxylic acids is 1. The molecule has 2 rings (SSSR count). The summed E-state index contributed by atoms with van der Waals surface area (Å²) in [5, 5.41) is 12.0. The van der Waals surface area contributed by atoms with Crippen molar-refractivity contribution < 1.29 is 14.1 Å². The van der Waals surface area contributed by atoms with Crippen LogP contribution >= 0.6 is 12.2 Å². The van der Waals surface area contributed by atoms with Gasteiger partial charge in [0.25, 0.3) is 6.20 Å². The predicted molar refractivity (Wildman–Crippen MR) is 95.4 cm³/mol. The number of hydrogen-bond acceptors (Lipinski definition) is 6. The third-order valence-electron chi connectivity index (χ3n) is 4.05. The minimum atomic E-state index is -0.472. The number of carbonyl (C=O) groups is 1. The van der Waals surface area contributed by atoms with Gasteiger partial charge in [0, 0.05) is 31.5 Å². The van der Waals surface area contributed by atoms with Crippen molar-refractivity contribution in [2.75, 3.05) is 50.1 Å². The second-order valence-corrected chi connectivity index (χ2v) is 7.12. The van der Waals surface area contributed by atoms with E-state index in [0.717, 1.165) is 26.2 Å². The van der Waals surface area contributed by atoms with Crippen LogP contribution in [0.4, 0.5) is 5.88 Å². The highest BCUT2D eigenvalue weighted by molar-refractivity contribution is 7.80. The first kappa shape index (κ1) is 18.6. The molecule has 0 atom stereocenters. The summed E-state index contributed by atoms with van der Waals surface area (Å²) in [6.45, 7) is 10.1. The van der Waals surface area contributed by atoms with Crippen molar-refractivity contribution in [2.24, 2.45) is 5.41 Å². The van der Waals surface area contributed by atoms with Crippen LogP contribution < -0.4 is 20.4 Å². The molecule has 1 amide bonds.